The third-order valence-corrected chi connectivity index (χ3v) is 2.37. The molecule has 5 nitrogen and oxygen atoms in total. The monoisotopic (exact) mass is 198 g/mol. The van der Waals surface area contributed by atoms with Crippen LogP contribution in [0.2, 0.25) is 0 Å². The second kappa shape index (κ2) is 3.49. The van der Waals surface area contributed by atoms with Crippen molar-refractivity contribution >= 4 is 5.91 Å². The number of carbonyl (C=O) groups is 1. The second-order valence-electron chi connectivity index (χ2n) is 3.64. The van der Waals surface area contributed by atoms with Crippen molar-refractivity contribution in [2.45, 2.75) is 18.4 Å². The van der Waals surface area contributed by atoms with Gasteiger partial charge in [-0.3, -0.25) is 4.79 Å². The molecule has 5 heteroatoms. The molecule has 1 amide bonds. The van der Waals surface area contributed by atoms with E-state index in [0.717, 1.165) is 12.8 Å². The summed E-state index contributed by atoms with van der Waals surface area (Å²) in [5, 5.41) is 2.72. The molecule has 3 N–H and O–H groups in total. The van der Waals surface area contributed by atoms with Crippen molar-refractivity contribution in [3.8, 4) is 0 Å². The first-order valence-electron chi connectivity index (χ1n) is 4.71. The van der Waals surface area contributed by atoms with Crippen molar-refractivity contribution in [2.75, 3.05) is 19.8 Å². The molecular formula is C9H14N2O3. The lowest BCUT2D eigenvalue weighted by Crippen LogP contribution is -2.43. The van der Waals surface area contributed by atoms with Gasteiger partial charge in [0.25, 0.3) is 0 Å². The van der Waals surface area contributed by atoms with E-state index in [4.69, 9.17) is 15.2 Å². The van der Waals surface area contributed by atoms with Crippen LogP contribution in [-0.2, 0) is 14.3 Å². The third-order valence-electron chi connectivity index (χ3n) is 2.37. The fourth-order valence-corrected chi connectivity index (χ4v) is 1.20. The molecule has 14 heavy (non-hydrogen) atoms. The number of hydrogen-bond donors (Lipinski definition) is 2. The number of carbonyl (C=O) groups excluding carboxylic acids is 1. The minimum Gasteiger partial charge on any atom is -0.494 e. The predicted octanol–water partition coefficient (Wildman–Crippen LogP) is -0.518. The van der Waals surface area contributed by atoms with Gasteiger partial charge < -0.3 is 20.5 Å². The molecule has 0 aromatic heterocycles. The van der Waals surface area contributed by atoms with E-state index in [0.29, 0.717) is 25.5 Å². The van der Waals surface area contributed by atoms with E-state index in [1.165, 1.54) is 6.26 Å². The second-order valence-corrected chi connectivity index (χ2v) is 3.64. The van der Waals surface area contributed by atoms with Crippen LogP contribution in [0.15, 0.2) is 12.0 Å². The topological polar surface area (TPSA) is 73.6 Å². The van der Waals surface area contributed by atoms with E-state index >= 15 is 0 Å². The van der Waals surface area contributed by atoms with E-state index in [2.05, 4.69) is 5.32 Å². The summed E-state index contributed by atoms with van der Waals surface area (Å²) >= 11 is 0. The highest BCUT2D eigenvalue weighted by molar-refractivity contribution is 5.89. The zero-order valence-electron chi connectivity index (χ0n) is 7.91. The Balaban J connectivity index is 1.76. The van der Waals surface area contributed by atoms with E-state index < -0.39 is 5.54 Å². The molecule has 0 unspecified atom stereocenters. The summed E-state index contributed by atoms with van der Waals surface area (Å²) in [7, 11) is 0. The number of nitrogens with two attached hydrogens (primary N) is 1. The maximum atomic E-state index is 11.4. The van der Waals surface area contributed by atoms with Crippen LogP contribution in [0.1, 0.15) is 12.8 Å². The minimum absolute atomic E-state index is 0.104. The minimum atomic E-state index is -0.615. The Labute approximate surface area is 82.2 Å². The van der Waals surface area contributed by atoms with Gasteiger partial charge in [0.2, 0.25) is 5.91 Å². The first-order chi connectivity index (χ1) is 6.71. The fraction of sp³-hybridized carbons (Fsp3) is 0.667. The molecule has 0 atom stereocenters. The molecule has 0 aromatic carbocycles. The van der Waals surface area contributed by atoms with Gasteiger partial charge in [-0.15, -0.1) is 0 Å². The van der Waals surface area contributed by atoms with Gasteiger partial charge in [-0.25, -0.2) is 0 Å². The molecule has 0 saturated heterocycles. The average Bonchev–Trinajstić information content (AvgIpc) is 2.96. The highest BCUT2D eigenvalue weighted by atomic mass is 16.6. The maximum Gasteiger partial charge on any atom is 0.240 e. The summed E-state index contributed by atoms with van der Waals surface area (Å²) in [6.07, 6.45) is 3.07. The number of rotatable bonds is 3. The summed E-state index contributed by atoms with van der Waals surface area (Å²) in [6, 6.07) is 0. The van der Waals surface area contributed by atoms with E-state index in [-0.39, 0.29) is 5.91 Å². The van der Waals surface area contributed by atoms with Crippen LogP contribution >= 0.6 is 0 Å². The van der Waals surface area contributed by atoms with Gasteiger partial charge in [0.05, 0.1) is 12.1 Å². The SMILES string of the molecule is NC1(C(=O)NCC2=COCCO2)CC1. The van der Waals surface area contributed by atoms with Crippen LogP contribution in [0, 0.1) is 0 Å². The largest absolute Gasteiger partial charge is 0.494 e. The van der Waals surface area contributed by atoms with Crippen molar-refractivity contribution in [2.24, 2.45) is 5.73 Å². The van der Waals surface area contributed by atoms with Gasteiger partial charge in [0, 0.05) is 0 Å². The Morgan fingerprint density at radius 3 is 2.93 bits per heavy atom. The van der Waals surface area contributed by atoms with Gasteiger partial charge in [-0.05, 0) is 12.8 Å². The quantitative estimate of drug-likeness (QED) is 0.640. The van der Waals surface area contributed by atoms with Gasteiger partial charge in [0.15, 0.2) is 0 Å². The first kappa shape index (κ1) is 9.33. The molecule has 1 aliphatic carbocycles. The molecule has 1 saturated carbocycles. The molecule has 0 aromatic rings. The van der Waals surface area contributed by atoms with Crippen molar-refractivity contribution in [3.05, 3.63) is 12.0 Å². The molecule has 2 rings (SSSR count). The summed E-state index contributed by atoms with van der Waals surface area (Å²) in [5.41, 5.74) is 5.09. The van der Waals surface area contributed by atoms with Crippen molar-refractivity contribution in [3.63, 3.8) is 0 Å². The summed E-state index contributed by atoms with van der Waals surface area (Å²) in [5.74, 6) is 0.543. The first-order valence-corrected chi connectivity index (χ1v) is 4.71. The number of ether oxygens (including phenoxy) is 2. The Morgan fingerprint density at radius 2 is 2.36 bits per heavy atom. The van der Waals surface area contributed by atoms with E-state index in [9.17, 15) is 4.79 Å². The van der Waals surface area contributed by atoms with Gasteiger partial charge in [-0.1, -0.05) is 0 Å². The Kier molecular flexibility index (Phi) is 2.33. The number of nitrogens with one attached hydrogen (secondary N) is 1. The highest BCUT2D eigenvalue weighted by Crippen LogP contribution is 2.32. The third kappa shape index (κ3) is 1.98. The van der Waals surface area contributed by atoms with Crippen molar-refractivity contribution < 1.29 is 14.3 Å². The standard InChI is InChI=1S/C9H14N2O3/c10-9(1-2-9)8(12)11-5-7-6-13-3-4-14-7/h6H,1-5,10H2,(H,11,12). The molecule has 78 valence electrons. The Hall–Kier alpha value is -1.23. The van der Waals surface area contributed by atoms with Crippen LogP contribution in [0.25, 0.3) is 0 Å². The van der Waals surface area contributed by atoms with Crippen LogP contribution < -0.4 is 11.1 Å². The van der Waals surface area contributed by atoms with Crippen LogP contribution in [0.3, 0.4) is 0 Å². The summed E-state index contributed by atoms with van der Waals surface area (Å²) in [6.45, 7) is 1.46. The lowest BCUT2D eigenvalue weighted by atomic mass is 10.3. The molecule has 1 fully saturated rings. The molecule has 2 aliphatic rings. The molecule has 0 radical (unpaired) electrons. The molecule has 0 spiro atoms. The van der Waals surface area contributed by atoms with Crippen molar-refractivity contribution in [1.82, 2.24) is 5.32 Å². The summed E-state index contributed by atoms with van der Waals surface area (Å²) in [4.78, 5) is 11.4. The molecule has 1 heterocycles. The molecule has 0 bridgehead atoms. The van der Waals surface area contributed by atoms with E-state index in [1.807, 2.05) is 0 Å². The fourth-order valence-electron chi connectivity index (χ4n) is 1.20. The van der Waals surface area contributed by atoms with E-state index in [1.54, 1.807) is 0 Å². The molecular weight excluding hydrogens is 184 g/mol. The smallest absolute Gasteiger partial charge is 0.240 e. The highest BCUT2D eigenvalue weighted by Gasteiger charge is 2.45. The number of hydrogen-bond acceptors (Lipinski definition) is 4. The van der Waals surface area contributed by atoms with Crippen LogP contribution in [0.4, 0.5) is 0 Å². The van der Waals surface area contributed by atoms with Crippen LogP contribution in [-0.4, -0.2) is 31.2 Å². The van der Waals surface area contributed by atoms with Gasteiger partial charge in [-0.2, -0.15) is 0 Å². The molecule has 1 aliphatic heterocycles. The maximum absolute atomic E-state index is 11.4. The normalized spacial score (nSPS) is 22.8. The van der Waals surface area contributed by atoms with Crippen molar-refractivity contribution in [1.29, 1.82) is 0 Å². The van der Waals surface area contributed by atoms with Gasteiger partial charge in [0.1, 0.15) is 25.2 Å². The lowest BCUT2D eigenvalue weighted by molar-refractivity contribution is -0.123. The average molecular weight is 198 g/mol. The Bertz CT molecular complexity index is 271. The zero-order chi connectivity index (χ0) is 10.0. The Morgan fingerprint density at radius 1 is 1.57 bits per heavy atom. The van der Waals surface area contributed by atoms with Crippen LogP contribution in [0.5, 0.6) is 0 Å². The zero-order valence-corrected chi connectivity index (χ0v) is 7.91. The predicted molar refractivity (Wildman–Crippen MR) is 49.1 cm³/mol. The summed E-state index contributed by atoms with van der Waals surface area (Å²) < 4.78 is 10.3. The number of amides is 1. The van der Waals surface area contributed by atoms with Gasteiger partial charge >= 0.3 is 0 Å². The lowest BCUT2D eigenvalue weighted by Gasteiger charge is -2.16.